The molecule has 2 aromatic heterocycles. The third kappa shape index (κ3) is 4.47. The smallest absolute Gasteiger partial charge is 0.348 e. The van der Waals surface area contributed by atoms with Crippen molar-refractivity contribution in [2.45, 2.75) is 39.8 Å². The molecule has 0 spiro atoms. The van der Waals surface area contributed by atoms with E-state index >= 15 is 0 Å². The van der Waals surface area contributed by atoms with Crippen molar-refractivity contribution in [2.24, 2.45) is 0 Å². The lowest BCUT2D eigenvalue weighted by Crippen LogP contribution is -2.37. The lowest BCUT2D eigenvalue weighted by Gasteiger charge is -2.12. The molecule has 1 unspecified atom stereocenters. The van der Waals surface area contributed by atoms with Gasteiger partial charge in [0.25, 0.3) is 5.56 Å². The summed E-state index contributed by atoms with van der Waals surface area (Å²) in [7, 11) is 1.52. The molecule has 142 valence electrons. The number of aryl methyl sites for hydroxylation is 1. The van der Waals surface area contributed by atoms with Crippen molar-refractivity contribution in [3.63, 3.8) is 0 Å². The molecule has 0 saturated heterocycles. The topological polar surface area (TPSA) is 99.5 Å². The predicted octanol–water partition coefficient (Wildman–Crippen LogP) is 1.48. The Labute approximate surface area is 155 Å². The van der Waals surface area contributed by atoms with Gasteiger partial charge in [-0.1, -0.05) is 6.92 Å². The monoisotopic (exact) mass is 381 g/mol. The van der Waals surface area contributed by atoms with Gasteiger partial charge < -0.3 is 14.8 Å². The largest absolute Gasteiger partial charge is 0.459 e. The standard InChI is InChI=1S/C17H23N3O5S/c1-5-10(2)19-12(21)8-20-9-18-15-13(16(20)22)11(3)14(26-15)17(23)25-7-6-24-4/h9-10H,5-8H2,1-4H3,(H,19,21). The predicted molar refractivity (Wildman–Crippen MR) is 98.7 cm³/mol. The number of esters is 1. The van der Waals surface area contributed by atoms with Gasteiger partial charge in [0, 0.05) is 13.2 Å². The van der Waals surface area contributed by atoms with Crippen molar-refractivity contribution >= 4 is 33.4 Å². The summed E-state index contributed by atoms with van der Waals surface area (Å²) in [5, 5.41) is 3.15. The van der Waals surface area contributed by atoms with Gasteiger partial charge in [-0.15, -0.1) is 11.3 Å². The lowest BCUT2D eigenvalue weighted by molar-refractivity contribution is -0.122. The zero-order valence-corrected chi connectivity index (χ0v) is 16.1. The number of carbonyl (C=O) groups is 2. The average Bonchev–Trinajstić information content (AvgIpc) is 2.95. The van der Waals surface area contributed by atoms with Crippen LogP contribution < -0.4 is 10.9 Å². The van der Waals surface area contributed by atoms with E-state index in [0.717, 1.165) is 17.8 Å². The Balaban J connectivity index is 2.28. The molecular weight excluding hydrogens is 358 g/mol. The number of amides is 1. The van der Waals surface area contributed by atoms with Crippen LogP contribution in [0.25, 0.3) is 10.2 Å². The van der Waals surface area contributed by atoms with Gasteiger partial charge >= 0.3 is 5.97 Å². The van der Waals surface area contributed by atoms with Gasteiger partial charge in [0.15, 0.2) is 0 Å². The molecule has 0 bridgehead atoms. The summed E-state index contributed by atoms with van der Waals surface area (Å²) in [6.07, 6.45) is 2.13. The molecule has 8 nitrogen and oxygen atoms in total. The molecule has 0 saturated carbocycles. The highest BCUT2D eigenvalue weighted by atomic mass is 32.1. The van der Waals surface area contributed by atoms with E-state index in [0.29, 0.717) is 27.3 Å². The number of fused-ring (bicyclic) bond motifs is 1. The van der Waals surface area contributed by atoms with E-state index in [2.05, 4.69) is 10.3 Å². The molecule has 0 fully saturated rings. The Kier molecular flexibility index (Phi) is 6.87. The molecule has 2 heterocycles. The van der Waals surface area contributed by atoms with Crippen LogP contribution in [-0.2, 0) is 20.8 Å². The van der Waals surface area contributed by atoms with Crippen LogP contribution in [0.5, 0.6) is 0 Å². The fourth-order valence-electron chi connectivity index (χ4n) is 2.33. The molecule has 1 amide bonds. The van der Waals surface area contributed by atoms with Gasteiger partial charge in [0.2, 0.25) is 5.91 Å². The van der Waals surface area contributed by atoms with Crippen molar-refractivity contribution < 1.29 is 19.1 Å². The van der Waals surface area contributed by atoms with Crippen LogP contribution in [0.4, 0.5) is 0 Å². The van der Waals surface area contributed by atoms with Crippen LogP contribution in [0, 0.1) is 6.92 Å². The number of methoxy groups -OCH3 is 1. The molecule has 0 radical (unpaired) electrons. The Bertz CT molecular complexity index is 858. The minimum Gasteiger partial charge on any atom is -0.459 e. The molecule has 0 aliphatic rings. The zero-order chi connectivity index (χ0) is 19.3. The van der Waals surface area contributed by atoms with Crippen LogP contribution in [0.1, 0.15) is 35.5 Å². The van der Waals surface area contributed by atoms with E-state index in [1.807, 2.05) is 13.8 Å². The SMILES string of the molecule is CCC(C)NC(=O)Cn1cnc2sc(C(=O)OCCOC)c(C)c2c1=O. The van der Waals surface area contributed by atoms with Gasteiger partial charge in [-0.3, -0.25) is 14.2 Å². The summed E-state index contributed by atoms with van der Waals surface area (Å²) in [5.74, 6) is -0.766. The minimum absolute atomic E-state index is 0.0336. The summed E-state index contributed by atoms with van der Waals surface area (Å²) in [6.45, 7) is 5.86. The van der Waals surface area contributed by atoms with E-state index < -0.39 is 5.97 Å². The van der Waals surface area contributed by atoms with Crippen molar-refractivity contribution in [2.75, 3.05) is 20.3 Å². The van der Waals surface area contributed by atoms with E-state index in [1.165, 1.54) is 18.0 Å². The second-order valence-electron chi connectivity index (χ2n) is 5.92. The third-order valence-electron chi connectivity index (χ3n) is 3.96. The van der Waals surface area contributed by atoms with E-state index in [9.17, 15) is 14.4 Å². The van der Waals surface area contributed by atoms with Crippen LogP contribution in [0.15, 0.2) is 11.1 Å². The maximum Gasteiger partial charge on any atom is 0.348 e. The molecule has 0 aliphatic carbocycles. The highest BCUT2D eigenvalue weighted by molar-refractivity contribution is 7.20. The van der Waals surface area contributed by atoms with Gasteiger partial charge in [0.05, 0.1) is 18.3 Å². The zero-order valence-electron chi connectivity index (χ0n) is 15.3. The number of hydrogen-bond acceptors (Lipinski definition) is 7. The van der Waals surface area contributed by atoms with Gasteiger partial charge in [-0.2, -0.15) is 0 Å². The fourth-order valence-corrected chi connectivity index (χ4v) is 3.36. The average molecular weight is 381 g/mol. The fraction of sp³-hybridized carbons (Fsp3) is 0.529. The molecule has 9 heteroatoms. The number of carbonyl (C=O) groups excluding carboxylic acids is 2. The number of nitrogens with zero attached hydrogens (tertiary/aromatic N) is 2. The lowest BCUT2D eigenvalue weighted by atomic mass is 10.2. The molecule has 1 N–H and O–H groups in total. The molecule has 0 aliphatic heterocycles. The van der Waals surface area contributed by atoms with Crippen LogP contribution in [0.3, 0.4) is 0 Å². The first-order chi connectivity index (χ1) is 12.4. The second kappa shape index (κ2) is 8.91. The number of ether oxygens (including phenoxy) is 2. The normalized spacial score (nSPS) is 12.2. The first kappa shape index (κ1) is 20.1. The van der Waals surface area contributed by atoms with Crippen molar-refractivity contribution in [3.05, 3.63) is 27.1 Å². The number of hydrogen-bond donors (Lipinski definition) is 1. The number of aromatic nitrogens is 2. The summed E-state index contributed by atoms with van der Waals surface area (Å²) < 4.78 is 11.2. The summed E-state index contributed by atoms with van der Waals surface area (Å²) >= 11 is 1.11. The third-order valence-corrected chi connectivity index (χ3v) is 5.14. The molecule has 1 atom stereocenters. The van der Waals surface area contributed by atoms with Crippen molar-refractivity contribution in [1.82, 2.24) is 14.9 Å². The van der Waals surface area contributed by atoms with Crippen LogP contribution in [0.2, 0.25) is 0 Å². The van der Waals surface area contributed by atoms with E-state index in [4.69, 9.17) is 9.47 Å². The molecular formula is C17H23N3O5S. The van der Waals surface area contributed by atoms with Gasteiger partial charge in [0.1, 0.15) is 22.9 Å². The molecule has 26 heavy (non-hydrogen) atoms. The Morgan fingerprint density at radius 1 is 1.38 bits per heavy atom. The van der Waals surface area contributed by atoms with E-state index in [1.54, 1.807) is 6.92 Å². The quantitative estimate of drug-likeness (QED) is 0.549. The minimum atomic E-state index is -0.511. The Morgan fingerprint density at radius 3 is 2.77 bits per heavy atom. The van der Waals surface area contributed by atoms with Crippen molar-refractivity contribution in [1.29, 1.82) is 0 Å². The number of rotatable bonds is 8. The molecule has 0 aromatic carbocycles. The van der Waals surface area contributed by atoms with Crippen molar-refractivity contribution in [3.8, 4) is 0 Å². The Morgan fingerprint density at radius 2 is 2.12 bits per heavy atom. The van der Waals surface area contributed by atoms with E-state index in [-0.39, 0.29) is 30.7 Å². The van der Waals surface area contributed by atoms with Gasteiger partial charge in [-0.25, -0.2) is 9.78 Å². The molecule has 2 rings (SSSR count). The maximum atomic E-state index is 12.7. The summed E-state index contributed by atoms with van der Waals surface area (Å²) in [6, 6.07) is 0.0336. The first-order valence-corrected chi connectivity index (χ1v) is 9.14. The highest BCUT2D eigenvalue weighted by Gasteiger charge is 2.21. The first-order valence-electron chi connectivity index (χ1n) is 8.33. The highest BCUT2D eigenvalue weighted by Crippen LogP contribution is 2.27. The summed E-state index contributed by atoms with van der Waals surface area (Å²) in [5.41, 5.74) is 0.167. The summed E-state index contributed by atoms with van der Waals surface area (Å²) in [4.78, 5) is 41.9. The Hall–Kier alpha value is -2.26. The molecule has 2 aromatic rings. The second-order valence-corrected chi connectivity index (χ2v) is 6.92. The van der Waals surface area contributed by atoms with Crippen LogP contribution >= 0.6 is 11.3 Å². The van der Waals surface area contributed by atoms with Gasteiger partial charge in [-0.05, 0) is 25.8 Å². The number of nitrogens with one attached hydrogen (secondary N) is 1. The maximum absolute atomic E-state index is 12.7. The number of thiophene rings is 1. The van der Waals surface area contributed by atoms with Crippen LogP contribution in [-0.4, -0.2) is 47.8 Å².